The molecule has 0 aliphatic heterocycles. The van der Waals surface area contributed by atoms with E-state index in [4.69, 9.17) is 10.5 Å². The van der Waals surface area contributed by atoms with Gasteiger partial charge in [-0.1, -0.05) is 33.1 Å². The molecule has 1 saturated carbocycles. The van der Waals surface area contributed by atoms with Crippen LogP contribution in [0.1, 0.15) is 63.4 Å². The highest BCUT2D eigenvalue weighted by molar-refractivity contribution is 9.10. The highest BCUT2D eigenvalue weighted by Crippen LogP contribution is 2.36. The highest BCUT2D eigenvalue weighted by Gasteiger charge is 2.28. The fraction of sp³-hybridized carbons (Fsp3) is 0.750. The van der Waals surface area contributed by atoms with Gasteiger partial charge in [-0.3, -0.25) is 0 Å². The lowest BCUT2D eigenvalue weighted by atomic mass is 9.85. The lowest BCUT2D eigenvalue weighted by Gasteiger charge is -2.33. The topological polar surface area (TPSA) is 35.2 Å². The predicted molar refractivity (Wildman–Crippen MR) is 90.1 cm³/mol. The Morgan fingerprint density at radius 1 is 1.45 bits per heavy atom. The average Bonchev–Trinajstić information content (AvgIpc) is 2.90. The van der Waals surface area contributed by atoms with E-state index in [1.54, 1.807) is 11.3 Å². The van der Waals surface area contributed by atoms with Crippen LogP contribution in [0.4, 0.5) is 0 Å². The van der Waals surface area contributed by atoms with E-state index < -0.39 is 0 Å². The van der Waals surface area contributed by atoms with Gasteiger partial charge in [0.25, 0.3) is 0 Å². The van der Waals surface area contributed by atoms with Crippen LogP contribution in [0.3, 0.4) is 0 Å². The minimum Gasteiger partial charge on any atom is -0.368 e. The minimum absolute atomic E-state index is 0.0527. The maximum Gasteiger partial charge on any atom is 0.107 e. The molecule has 1 aliphatic rings. The summed E-state index contributed by atoms with van der Waals surface area (Å²) in [5, 5.41) is 2.11. The van der Waals surface area contributed by atoms with Crippen LogP contribution in [-0.4, -0.2) is 12.1 Å². The van der Waals surface area contributed by atoms with E-state index in [0.29, 0.717) is 6.10 Å². The van der Waals surface area contributed by atoms with Crippen molar-refractivity contribution < 1.29 is 4.74 Å². The van der Waals surface area contributed by atoms with Crippen molar-refractivity contribution in [3.8, 4) is 0 Å². The van der Waals surface area contributed by atoms with Crippen molar-refractivity contribution in [2.75, 3.05) is 0 Å². The monoisotopic (exact) mass is 359 g/mol. The first-order valence-corrected chi connectivity index (χ1v) is 9.46. The standard InChI is InChI=1S/C16H26BrNOS/c1-3-11-6-5-7-13(8-11)19-16(14(18)4-2)15-9-12(17)10-20-15/h9-11,13-14,16H,3-8,18H2,1-2H3. The van der Waals surface area contributed by atoms with Gasteiger partial charge >= 0.3 is 0 Å². The second-order valence-corrected chi connectivity index (χ2v) is 7.72. The molecule has 2 N–H and O–H groups in total. The molecule has 114 valence electrons. The Balaban J connectivity index is 2.04. The van der Waals surface area contributed by atoms with Gasteiger partial charge < -0.3 is 10.5 Å². The van der Waals surface area contributed by atoms with Gasteiger partial charge in [-0.25, -0.2) is 0 Å². The van der Waals surface area contributed by atoms with Crippen molar-refractivity contribution in [3.63, 3.8) is 0 Å². The Morgan fingerprint density at radius 2 is 2.25 bits per heavy atom. The van der Waals surface area contributed by atoms with Gasteiger partial charge in [-0.15, -0.1) is 11.3 Å². The molecule has 0 radical (unpaired) electrons. The van der Waals surface area contributed by atoms with Gasteiger partial charge in [-0.05, 0) is 47.2 Å². The van der Waals surface area contributed by atoms with E-state index in [0.717, 1.165) is 16.8 Å². The van der Waals surface area contributed by atoms with Crippen LogP contribution in [0.2, 0.25) is 0 Å². The average molecular weight is 360 g/mol. The van der Waals surface area contributed by atoms with E-state index in [9.17, 15) is 0 Å². The highest BCUT2D eigenvalue weighted by atomic mass is 79.9. The lowest BCUT2D eigenvalue weighted by Crippen LogP contribution is -2.33. The Labute approximate surface area is 135 Å². The van der Waals surface area contributed by atoms with Crippen molar-refractivity contribution in [2.45, 2.75) is 70.6 Å². The summed E-state index contributed by atoms with van der Waals surface area (Å²) in [6, 6.07) is 2.24. The fourth-order valence-electron chi connectivity index (χ4n) is 3.01. The maximum absolute atomic E-state index is 6.44. The number of halogens is 1. The van der Waals surface area contributed by atoms with E-state index >= 15 is 0 Å². The summed E-state index contributed by atoms with van der Waals surface area (Å²) < 4.78 is 7.57. The summed E-state index contributed by atoms with van der Waals surface area (Å²) in [4.78, 5) is 1.25. The zero-order chi connectivity index (χ0) is 14.5. The predicted octanol–water partition coefficient (Wildman–Crippen LogP) is 5.27. The Morgan fingerprint density at radius 3 is 2.85 bits per heavy atom. The Kier molecular flexibility index (Phi) is 6.53. The summed E-state index contributed by atoms with van der Waals surface area (Å²) in [6.45, 7) is 4.43. The summed E-state index contributed by atoms with van der Waals surface area (Å²) in [5.41, 5.74) is 6.31. The van der Waals surface area contributed by atoms with Gasteiger partial charge in [0.1, 0.15) is 6.10 Å². The van der Waals surface area contributed by atoms with E-state index in [1.807, 2.05) is 0 Å². The number of hydrogen-bond acceptors (Lipinski definition) is 3. The smallest absolute Gasteiger partial charge is 0.107 e. The number of nitrogens with two attached hydrogens (primary N) is 1. The lowest BCUT2D eigenvalue weighted by molar-refractivity contribution is -0.0520. The molecule has 0 aromatic carbocycles. The molecule has 4 heteroatoms. The van der Waals surface area contributed by atoms with Crippen LogP contribution >= 0.6 is 27.3 Å². The quantitative estimate of drug-likeness (QED) is 0.750. The van der Waals surface area contributed by atoms with Crippen LogP contribution in [0.15, 0.2) is 15.9 Å². The maximum atomic E-state index is 6.44. The second kappa shape index (κ2) is 7.92. The molecule has 2 nitrogen and oxygen atoms in total. The molecule has 20 heavy (non-hydrogen) atoms. The molecule has 0 amide bonds. The van der Waals surface area contributed by atoms with Crippen molar-refractivity contribution in [2.24, 2.45) is 11.7 Å². The van der Waals surface area contributed by atoms with Crippen LogP contribution in [0.5, 0.6) is 0 Å². The van der Waals surface area contributed by atoms with Crippen LogP contribution in [-0.2, 0) is 4.74 Å². The number of rotatable bonds is 6. The molecule has 1 heterocycles. The zero-order valence-electron chi connectivity index (χ0n) is 12.5. The zero-order valence-corrected chi connectivity index (χ0v) is 14.9. The molecular weight excluding hydrogens is 334 g/mol. The van der Waals surface area contributed by atoms with Gasteiger partial charge in [0.2, 0.25) is 0 Å². The van der Waals surface area contributed by atoms with E-state index in [1.165, 1.54) is 37.0 Å². The second-order valence-electron chi connectivity index (χ2n) is 5.86. The first-order valence-electron chi connectivity index (χ1n) is 7.79. The SMILES string of the molecule is CCC1CCCC(OC(c2cc(Br)cs2)C(N)CC)C1. The van der Waals surface area contributed by atoms with Gasteiger partial charge in [0.05, 0.1) is 6.10 Å². The van der Waals surface area contributed by atoms with Gasteiger partial charge in [0, 0.05) is 20.8 Å². The normalized spacial score (nSPS) is 26.4. The third-order valence-corrected chi connectivity index (χ3v) is 6.13. The molecule has 4 atom stereocenters. The van der Waals surface area contributed by atoms with Gasteiger partial charge in [-0.2, -0.15) is 0 Å². The molecule has 1 aromatic heterocycles. The first-order chi connectivity index (χ1) is 9.63. The van der Waals surface area contributed by atoms with Crippen LogP contribution in [0, 0.1) is 5.92 Å². The Hall–Kier alpha value is 0.1000. The van der Waals surface area contributed by atoms with Crippen molar-refractivity contribution in [1.82, 2.24) is 0 Å². The largest absolute Gasteiger partial charge is 0.368 e. The molecule has 1 fully saturated rings. The minimum atomic E-state index is 0.0527. The molecule has 1 aromatic rings. The first kappa shape index (κ1) is 16.5. The third kappa shape index (κ3) is 4.30. The summed E-state index contributed by atoms with van der Waals surface area (Å²) in [5.74, 6) is 0.835. The molecule has 4 unspecified atom stereocenters. The van der Waals surface area contributed by atoms with Crippen molar-refractivity contribution in [3.05, 3.63) is 20.8 Å². The summed E-state index contributed by atoms with van der Waals surface area (Å²) in [6.07, 6.45) is 7.72. The number of thiophene rings is 1. The third-order valence-electron chi connectivity index (χ3n) is 4.38. The van der Waals surface area contributed by atoms with Crippen molar-refractivity contribution >= 4 is 27.3 Å². The van der Waals surface area contributed by atoms with E-state index in [2.05, 4.69) is 41.2 Å². The molecular formula is C16H26BrNOS. The molecule has 0 bridgehead atoms. The van der Waals surface area contributed by atoms with E-state index in [-0.39, 0.29) is 12.1 Å². The summed E-state index contributed by atoms with van der Waals surface area (Å²) in [7, 11) is 0. The molecule has 1 aliphatic carbocycles. The molecule has 0 saturated heterocycles. The summed E-state index contributed by atoms with van der Waals surface area (Å²) >= 11 is 5.28. The van der Waals surface area contributed by atoms with Gasteiger partial charge in [0.15, 0.2) is 0 Å². The van der Waals surface area contributed by atoms with Crippen LogP contribution in [0.25, 0.3) is 0 Å². The number of ether oxygens (including phenoxy) is 1. The fourth-order valence-corrected chi connectivity index (χ4v) is 4.57. The number of hydrogen-bond donors (Lipinski definition) is 1. The molecule has 0 spiro atoms. The Bertz CT molecular complexity index is 409. The molecule has 2 rings (SSSR count). The van der Waals surface area contributed by atoms with Crippen LogP contribution < -0.4 is 5.73 Å². The van der Waals surface area contributed by atoms with Crippen molar-refractivity contribution in [1.29, 1.82) is 0 Å².